The van der Waals surface area contributed by atoms with Gasteiger partial charge in [0, 0.05) is 23.8 Å². The Morgan fingerprint density at radius 3 is 2.56 bits per heavy atom. The second-order valence-electron chi connectivity index (χ2n) is 6.35. The molecule has 0 aromatic carbocycles. The fraction of sp³-hybridized carbons (Fsp3) is 0.294. The molecule has 3 N–H and O–H groups in total. The lowest BCUT2D eigenvalue weighted by Crippen LogP contribution is -2.39. The van der Waals surface area contributed by atoms with Gasteiger partial charge < -0.3 is 15.5 Å². The first-order chi connectivity index (χ1) is 12.8. The monoisotopic (exact) mass is 377 g/mol. The van der Waals surface area contributed by atoms with Crippen LogP contribution in [0.2, 0.25) is 0 Å². The number of nitrogens with one attached hydrogen (secondary N) is 1. The molecule has 4 rings (SSSR count). The Kier molecular flexibility index (Phi) is 4.06. The van der Waals surface area contributed by atoms with E-state index in [4.69, 9.17) is 0 Å². The number of aliphatic hydroxyl groups is 1. The number of fused-ring (bicyclic) bond motifs is 1. The maximum Gasteiger partial charge on any atom is 0.418 e. The highest BCUT2D eigenvalue weighted by Gasteiger charge is 2.32. The van der Waals surface area contributed by atoms with E-state index in [1.807, 2.05) is 0 Å². The van der Waals surface area contributed by atoms with Crippen molar-refractivity contribution >= 4 is 16.7 Å². The molecule has 140 valence electrons. The summed E-state index contributed by atoms with van der Waals surface area (Å²) in [5.41, 5.74) is -0.769. The smallest absolute Gasteiger partial charge is 0.418 e. The van der Waals surface area contributed by atoms with Crippen molar-refractivity contribution in [2.45, 2.75) is 31.2 Å². The summed E-state index contributed by atoms with van der Waals surface area (Å²) in [5, 5.41) is 31.3. The topological polar surface area (TPSA) is 104 Å². The lowest BCUT2D eigenvalue weighted by Gasteiger charge is -2.32. The maximum atomic E-state index is 12.8. The van der Waals surface area contributed by atoms with Crippen molar-refractivity contribution in [3.05, 3.63) is 36.2 Å². The van der Waals surface area contributed by atoms with Gasteiger partial charge in [0.05, 0.1) is 11.7 Å². The summed E-state index contributed by atoms with van der Waals surface area (Å²) in [4.78, 5) is 7.96. The zero-order chi connectivity index (χ0) is 19.2. The van der Waals surface area contributed by atoms with E-state index in [9.17, 15) is 23.4 Å². The van der Waals surface area contributed by atoms with E-state index in [1.54, 1.807) is 12.1 Å². The normalized spacial score (nSPS) is 19.7. The summed E-state index contributed by atoms with van der Waals surface area (Å²) in [5.74, 6) is -0.209. The summed E-state index contributed by atoms with van der Waals surface area (Å²) >= 11 is 0. The van der Waals surface area contributed by atoms with Gasteiger partial charge in [0.1, 0.15) is 22.7 Å². The highest BCUT2D eigenvalue weighted by Crippen LogP contribution is 2.37. The van der Waals surface area contributed by atoms with Gasteiger partial charge in [0.15, 0.2) is 5.82 Å². The number of halogens is 3. The van der Waals surface area contributed by atoms with Gasteiger partial charge >= 0.3 is 6.18 Å². The SMILES string of the molecule is Oc1cc(C(F)(F)F)cnc1-c1nnc(NC2CC(O)C2)c2cccnc12. The van der Waals surface area contributed by atoms with E-state index >= 15 is 0 Å². The largest absolute Gasteiger partial charge is 0.506 e. The van der Waals surface area contributed by atoms with Crippen molar-refractivity contribution in [1.29, 1.82) is 0 Å². The predicted octanol–water partition coefficient (Wildman–Crippen LogP) is 2.75. The summed E-state index contributed by atoms with van der Waals surface area (Å²) < 4.78 is 38.3. The molecule has 0 radical (unpaired) electrons. The van der Waals surface area contributed by atoms with E-state index in [1.165, 1.54) is 6.20 Å². The molecule has 1 aliphatic carbocycles. The molecular formula is C17H14F3N5O2. The van der Waals surface area contributed by atoms with Crippen LogP contribution in [0.15, 0.2) is 30.6 Å². The Balaban J connectivity index is 1.77. The third kappa shape index (κ3) is 3.23. The van der Waals surface area contributed by atoms with Crippen LogP contribution in [-0.2, 0) is 6.18 Å². The third-order valence-electron chi connectivity index (χ3n) is 4.41. The van der Waals surface area contributed by atoms with Crippen molar-refractivity contribution in [2.24, 2.45) is 0 Å². The number of hydrogen-bond donors (Lipinski definition) is 3. The Morgan fingerprint density at radius 2 is 1.89 bits per heavy atom. The van der Waals surface area contributed by atoms with Crippen LogP contribution in [0.5, 0.6) is 5.75 Å². The molecule has 3 aromatic heterocycles. The number of pyridine rings is 2. The average Bonchev–Trinajstić information content (AvgIpc) is 2.60. The van der Waals surface area contributed by atoms with Crippen LogP contribution >= 0.6 is 0 Å². The molecule has 10 heteroatoms. The Labute approximate surface area is 150 Å². The highest BCUT2D eigenvalue weighted by molar-refractivity contribution is 5.97. The van der Waals surface area contributed by atoms with Gasteiger partial charge in [-0.2, -0.15) is 13.2 Å². The molecule has 0 amide bonds. The van der Waals surface area contributed by atoms with E-state index in [0.29, 0.717) is 41.8 Å². The lowest BCUT2D eigenvalue weighted by atomic mass is 9.89. The first kappa shape index (κ1) is 17.4. The van der Waals surface area contributed by atoms with Crippen LogP contribution < -0.4 is 5.32 Å². The molecule has 0 aliphatic heterocycles. The van der Waals surface area contributed by atoms with Gasteiger partial charge in [-0.25, -0.2) is 4.98 Å². The number of rotatable bonds is 3. The van der Waals surface area contributed by atoms with Crippen molar-refractivity contribution < 1.29 is 23.4 Å². The summed E-state index contributed by atoms with van der Waals surface area (Å²) in [6, 6.07) is 4.08. The number of hydrogen-bond acceptors (Lipinski definition) is 7. The minimum absolute atomic E-state index is 0.0566. The molecule has 0 atom stereocenters. The van der Waals surface area contributed by atoms with Gasteiger partial charge in [0.2, 0.25) is 0 Å². The minimum atomic E-state index is -4.61. The van der Waals surface area contributed by atoms with Crippen LogP contribution in [0.4, 0.5) is 19.0 Å². The maximum absolute atomic E-state index is 12.8. The van der Waals surface area contributed by atoms with Gasteiger partial charge in [-0.15, -0.1) is 10.2 Å². The summed E-state index contributed by atoms with van der Waals surface area (Å²) in [7, 11) is 0. The van der Waals surface area contributed by atoms with Gasteiger partial charge in [-0.3, -0.25) is 4.98 Å². The Morgan fingerprint density at radius 1 is 1.11 bits per heavy atom. The molecule has 1 fully saturated rings. The Hall–Kier alpha value is -3.01. The molecular weight excluding hydrogens is 363 g/mol. The first-order valence-electron chi connectivity index (χ1n) is 8.15. The van der Waals surface area contributed by atoms with Crippen molar-refractivity contribution in [1.82, 2.24) is 20.2 Å². The van der Waals surface area contributed by atoms with Crippen LogP contribution in [0.25, 0.3) is 22.3 Å². The van der Waals surface area contributed by atoms with E-state index in [0.717, 1.165) is 0 Å². The molecule has 1 aliphatic rings. The van der Waals surface area contributed by atoms with E-state index in [2.05, 4.69) is 25.5 Å². The fourth-order valence-corrected chi connectivity index (χ4v) is 2.94. The molecule has 1 saturated carbocycles. The number of aliphatic hydroxyl groups excluding tert-OH is 1. The molecule has 0 saturated heterocycles. The third-order valence-corrected chi connectivity index (χ3v) is 4.41. The van der Waals surface area contributed by atoms with Crippen LogP contribution in [0.1, 0.15) is 18.4 Å². The molecule has 0 unspecified atom stereocenters. The fourth-order valence-electron chi connectivity index (χ4n) is 2.94. The second-order valence-corrected chi connectivity index (χ2v) is 6.35. The van der Waals surface area contributed by atoms with E-state index < -0.39 is 17.5 Å². The average molecular weight is 377 g/mol. The lowest BCUT2D eigenvalue weighted by molar-refractivity contribution is -0.137. The van der Waals surface area contributed by atoms with Crippen LogP contribution in [0, 0.1) is 0 Å². The standard InChI is InChI=1S/C17H14F3N5O2/c18-17(19,20)8-4-12(27)14(22-7-8)15-13-11(2-1-3-21-13)16(25-24-15)23-9-5-10(26)6-9/h1-4,7,9-10,26-27H,5-6H2,(H,23,25). The van der Waals surface area contributed by atoms with Crippen molar-refractivity contribution in [3.8, 4) is 17.1 Å². The van der Waals surface area contributed by atoms with Gasteiger partial charge in [-0.05, 0) is 31.0 Å². The van der Waals surface area contributed by atoms with Crippen LogP contribution in [0.3, 0.4) is 0 Å². The molecule has 3 aromatic rings. The summed E-state index contributed by atoms with van der Waals surface area (Å²) in [6.07, 6.45) is -1.64. The molecule has 0 spiro atoms. The number of aromatic hydroxyl groups is 1. The Bertz CT molecular complexity index is 1010. The zero-order valence-corrected chi connectivity index (χ0v) is 13.8. The molecule has 3 heterocycles. The number of nitrogens with zero attached hydrogens (tertiary/aromatic N) is 4. The molecule has 7 nitrogen and oxygen atoms in total. The quantitative estimate of drug-likeness (QED) is 0.645. The van der Waals surface area contributed by atoms with Crippen LogP contribution in [-0.4, -0.2) is 42.5 Å². The number of aromatic nitrogens is 4. The second kappa shape index (κ2) is 6.31. The number of alkyl halides is 3. The van der Waals surface area contributed by atoms with Crippen molar-refractivity contribution in [2.75, 3.05) is 5.32 Å². The van der Waals surface area contributed by atoms with Gasteiger partial charge in [0.25, 0.3) is 0 Å². The summed E-state index contributed by atoms with van der Waals surface area (Å²) in [6.45, 7) is 0. The first-order valence-corrected chi connectivity index (χ1v) is 8.15. The number of anilines is 1. The van der Waals surface area contributed by atoms with E-state index in [-0.39, 0.29) is 23.5 Å². The minimum Gasteiger partial charge on any atom is -0.506 e. The van der Waals surface area contributed by atoms with Crippen molar-refractivity contribution in [3.63, 3.8) is 0 Å². The molecule has 27 heavy (non-hydrogen) atoms. The predicted molar refractivity (Wildman–Crippen MR) is 89.9 cm³/mol. The van der Waals surface area contributed by atoms with Gasteiger partial charge in [-0.1, -0.05) is 0 Å². The zero-order valence-electron chi connectivity index (χ0n) is 13.8. The highest BCUT2D eigenvalue weighted by atomic mass is 19.4. The molecule has 0 bridgehead atoms.